The Morgan fingerprint density at radius 1 is 1.33 bits per heavy atom. The molecule has 2 N–H and O–H groups in total. The lowest BCUT2D eigenvalue weighted by molar-refractivity contribution is 0.277. The molecule has 1 aliphatic carbocycles. The Morgan fingerprint density at radius 3 is 2.78 bits per heavy atom. The van der Waals surface area contributed by atoms with Crippen LogP contribution in [0.15, 0.2) is 24.7 Å². The molecule has 0 saturated carbocycles. The predicted molar refractivity (Wildman–Crippen MR) is 68.2 cm³/mol. The largest absolute Gasteiger partial charge is 0.324 e. The van der Waals surface area contributed by atoms with Crippen LogP contribution in [0.4, 0.5) is 0 Å². The van der Waals surface area contributed by atoms with E-state index in [1.165, 1.54) is 0 Å². The van der Waals surface area contributed by atoms with Crippen molar-refractivity contribution in [3.63, 3.8) is 0 Å². The van der Waals surface area contributed by atoms with Gasteiger partial charge in [0.25, 0.3) is 5.95 Å². The van der Waals surface area contributed by atoms with Crippen molar-refractivity contribution in [1.82, 2.24) is 19.7 Å². The highest BCUT2D eigenvalue weighted by molar-refractivity contribution is 5.30. The van der Waals surface area contributed by atoms with Gasteiger partial charge in [-0.05, 0) is 24.3 Å². The molecule has 5 nitrogen and oxygen atoms in total. The average Bonchev–Trinajstić information content (AvgIpc) is 2.72. The van der Waals surface area contributed by atoms with Crippen molar-refractivity contribution in [3.8, 4) is 5.95 Å². The first-order valence-corrected chi connectivity index (χ1v) is 6.17. The average molecular weight is 243 g/mol. The molecule has 5 heteroatoms. The summed E-state index contributed by atoms with van der Waals surface area (Å²) < 4.78 is 1.82. The lowest BCUT2D eigenvalue weighted by Crippen LogP contribution is -2.30. The first kappa shape index (κ1) is 11.3. The summed E-state index contributed by atoms with van der Waals surface area (Å²) >= 11 is 0. The van der Waals surface area contributed by atoms with Crippen molar-refractivity contribution in [2.45, 2.75) is 32.7 Å². The predicted octanol–water partition coefficient (Wildman–Crippen LogP) is 1.63. The van der Waals surface area contributed by atoms with Gasteiger partial charge in [0.1, 0.15) is 0 Å². The molecule has 0 aliphatic heterocycles. The fourth-order valence-corrected chi connectivity index (χ4v) is 2.68. The van der Waals surface area contributed by atoms with Gasteiger partial charge in [0.2, 0.25) is 0 Å². The van der Waals surface area contributed by atoms with E-state index < -0.39 is 0 Å². The minimum Gasteiger partial charge on any atom is -0.324 e. The summed E-state index contributed by atoms with van der Waals surface area (Å²) in [5.41, 5.74) is 8.68. The van der Waals surface area contributed by atoms with Crippen LogP contribution >= 0.6 is 0 Å². The maximum absolute atomic E-state index is 6.22. The zero-order valence-corrected chi connectivity index (χ0v) is 10.7. The van der Waals surface area contributed by atoms with Gasteiger partial charge in [-0.1, -0.05) is 13.8 Å². The number of nitrogens with two attached hydrogens (primary N) is 1. The topological polar surface area (TPSA) is 69.6 Å². The smallest absolute Gasteiger partial charge is 0.250 e. The quantitative estimate of drug-likeness (QED) is 0.826. The van der Waals surface area contributed by atoms with Crippen LogP contribution < -0.4 is 5.73 Å². The monoisotopic (exact) mass is 243 g/mol. The molecule has 0 spiro atoms. The molecule has 0 aromatic carbocycles. The molecular formula is C13H17N5. The Hall–Kier alpha value is -1.75. The third-order valence-electron chi connectivity index (χ3n) is 3.46. The van der Waals surface area contributed by atoms with Gasteiger partial charge in [-0.3, -0.25) is 0 Å². The molecule has 94 valence electrons. The third-order valence-corrected chi connectivity index (χ3v) is 3.46. The highest BCUT2D eigenvalue weighted by Crippen LogP contribution is 2.39. The van der Waals surface area contributed by atoms with E-state index in [2.05, 4.69) is 28.9 Å². The van der Waals surface area contributed by atoms with Crippen LogP contribution in [0.1, 0.15) is 37.6 Å². The summed E-state index contributed by atoms with van der Waals surface area (Å²) in [4.78, 5) is 8.50. The van der Waals surface area contributed by atoms with Crippen molar-refractivity contribution in [2.24, 2.45) is 11.1 Å². The third kappa shape index (κ3) is 1.80. The van der Waals surface area contributed by atoms with Gasteiger partial charge >= 0.3 is 0 Å². The van der Waals surface area contributed by atoms with Gasteiger partial charge in [-0.25, -0.2) is 14.6 Å². The van der Waals surface area contributed by atoms with Crippen molar-refractivity contribution in [1.29, 1.82) is 0 Å². The van der Waals surface area contributed by atoms with E-state index in [0.717, 1.165) is 24.1 Å². The number of aromatic nitrogens is 4. The maximum atomic E-state index is 6.22. The molecule has 1 unspecified atom stereocenters. The van der Waals surface area contributed by atoms with Crippen LogP contribution in [0.25, 0.3) is 5.95 Å². The lowest BCUT2D eigenvalue weighted by atomic mass is 9.75. The maximum Gasteiger partial charge on any atom is 0.250 e. The Labute approximate surface area is 106 Å². The fraction of sp³-hybridized carbons (Fsp3) is 0.462. The van der Waals surface area contributed by atoms with Crippen LogP contribution in [0.3, 0.4) is 0 Å². The standard InChI is InChI=1S/C13H17N5/c1-13(2)6-10(14)9-8-17-18(11(9)7-13)12-15-4-3-5-16-12/h3-5,8,10H,6-7,14H2,1-2H3. The number of rotatable bonds is 1. The van der Waals surface area contributed by atoms with Crippen molar-refractivity contribution in [3.05, 3.63) is 35.9 Å². The zero-order chi connectivity index (χ0) is 12.8. The number of nitrogens with zero attached hydrogens (tertiary/aromatic N) is 4. The molecule has 2 aromatic rings. The molecule has 0 fully saturated rings. The number of hydrogen-bond acceptors (Lipinski definition) is 4. The molecule has 2 aromatic heterocycles. The molecule has 0 amide bonds. The van der Waals surface area contributed by atoms with Gasteiger partial charge in [-0.15, -0.1) is 0 Å². The summed E-state index contributed by atoms with van der Waals surface area (Å²) in [6.07, 6.45) is 7.25. The molecule has 0 radical (unpaired) electrons. The van der Waals surface area contributed by atoms with E-state index in [4.69, 9.17) is 5.73 Å². The van der Waals surface area contributed by atoms with Gasteiger partial charge in [0, 0.05) is 24.0 Å². The van der Waals surface area contributed by atoms with Crippen LogP contribution in [-0.4, -0.2) is 19.7 Å². The van der Waals surface area contributed by atoms with Crippen LogP contribution in [0.5, 0.6) is 0 Å². The van der Waals surface area contributed by atoms with Gasteiger partial charge in [0.15, 0.2) is 0 Å². The molecule has 0 bridgehead atoms. The van der Waals surface area contributed by atoms with Crippen LogP contribution in [0.2, 0.25) is 0 Å². The first-order valence-electron chi connectivity index (χ1n) is 6.17. The molecular weight excluding hydrogens is 226 g/mol. The highest BCUT2D eigenvalue weighted by atomic mass is 15.3. The van der Waals surface area contributed by atoms with Crippen LogP contribution in [-0.2, 0) is 6.42 Å². The SMILES string of the molecule is CC1(C)Cc2c(cnn2-c2ncccn2)C(N)C1. The lowest BCUT2D eigenvalue weighted by Gasteiger charge is -2.33. The van der Waals surface area contributed by atoms with E-state index >= 15 is 0 Å². The van der Waals surface area contributed by atoms with Crippen LogP contribution in [0, 0.1) is 5.41 Å². The summed E-state index contributed by atoms with van der Waals surface area (Å²) in [7, 11) is 0. The Balaban J connectivity index is 2.10. The van der Waals surface area contributed by atoms with Crippen molar-refractivity contribution >= 4 is 0 Å². The van der Waals surface area contributed by atoms with Gasteiger partial charge in [-0.2, -0.15) is 5.10 Å². The summed E-state index contributed by atoms with van der Waals surface area (Å²) in [5.74, 6) is 0.614. The summed E-state index contributed by atoms with van der Waals surface area (Å²) in [5, 5.41) is 4.40. The second kappa shape index (κ2) is 3.88. The van der Waals surface area contributed by atoms with E-state index in [1.807, 2.05) is 10.9 Å². The molecule has 2 heterocycles. The fourth-order valence-electron chi connectivity index (χ4n) is 2.68. The minimum atomic E-state index is 0.0567. The van der Waals surface area contributed by atoms with E-state index in [-0.39, 0.29) is 11.5 Å². The summed E-state index contributed by atoms with van der Waals surface area (Å²) in [6.45, 7) is 4.47. The van der Waals surface area contributed by atoms with E-state index in [1.54, 1.807) is 18.5 Å². The Bertz CT molecular complexity index is 558. The zero-order valence-electron chi connectivity index (χ0n) is 10.7. The number of fused-ring (bicyclic) bond motifs is 1. The number of hydrogen-bond donors (Lipinski definition) is 1. The first-order chi connectivity index (χ1) is 8.57. The second-order valence-corrected chi connectivity index (χ2v) is 5.66. The Kier molecular flexibility index (Phi) is 2.45. The molecule has 0 saturated heterocycles. The van der Waals surface area contributed by atoms with E-state index in [9.17, 15) is 0 Å². The summed E-state index contributed by atoms with van der Waals surface area (Å²) in [6, 6.07) is 1.86. The van der Waals surface area contributed by atoms with Crippen molar-refractivity contribution < 1.29 is 0 Å². The highest BCUT2D eigenvalue weighted by Gasteiger charge is 2.33. The normalized spacial score (nSPS) is 21.6. The second-order valence-electron chi connectivity index (χ2n) is 5.66. The van der Waals surface area contributed by atoms with Gasteiger partial charge in [0.05, 0.1) is 11.9 Å². The Morgan fingerprint density at radius 2 is 2.06 bits per heavy atom. The van der Waals surface area contributed by atoms with Crippen molar-refractivity contribution in [2.75, 3.05) is 0 Å². The van der Waals surface area contributed by atoms with E-state index in [0.29, 0.717) is 5.95 Å². The van der Waals surface area contributed by atoms with Gasteiger partial charge < -0.3 is 5.73 Å². The molecule has 1 aliphatic rings. The molecule has 3 rings (SSSR count). The minimum absolute atomic E-state index is 0.0567. The molecule has 18 heavy (non-hydrogen) atoms. The molecule has 1 atom stereocenters.